The third-order valence-electron chi connectivity index (χ3n) is 7.50. The van der Waals surface area contributed by atoms with Crippen LogP contribution in [0.3, 0.4) is 0 Å². The zero-order chi connectivity index (χ0) is 32.5. The van der Waals surface area contributed by atoms with E-state index < -0.39 is 17.8 Å². The molecule has 1 fully saturated rings. The number of halogens is 3. The Balaban J connectivity index is 1.43. The van der Waals surface area contributed by atoms with Gasteiger partial charge in [0.15, 0.2) is 11.5 Å². The van der Waals surface area contributed by atoms with Gasteiger partial charge in [-0.1, -0.05) is 83.4 Å². The van der Waals surface area contributed by atoms with Crippen LogP contribution in [0.4, 0.5) is 16.2 Å². The number of hydrogen-bond acceptors (Lipinski definition) is 5. The lowest BCUT2D eigenvalue weighted by Gasteiger charge is -2.34. The molecule has 6 rings (SSSR count). The molecular weight excluding hydrogens is 691 g/mol. The van der Waals surface area contributed by atoms with Gasteiger partial charge in [0.25, 0.3) is 11.8 Å². The van der Waals surface area contributed by atoms with E-state index in [1.54, 1.807) is 66.7 Å². The molecule has 46 heavy (non-hydrogen) atoms. The van der Waals surface area contributed by atoms with E-state index in [0.29, 0.717) is 48.3 Å². The molecule has 0 spiro atoms. The molecule has 0 aliphatic carbocycles. The lowest BCUT2D eigenvalue weighted by Crippen LogP contribution is -2.57. The Morgan fingerprint density at radius 2 is 1.54 bits per heavy atom. The number of barbiturate groups is 1. The van der Waals surface area contributed by atoms with E-state index in [-0.39, 0.29) is 12.2 Å². The van der Waals surface area contributed by atoms with Gasteiger partial charge in [-0.25, -0.2) is 14.6 Å². The third kappa shape index (κ3) is 5.99. The fraction of sp³-hybridized carbons (Fsp3) is 0.0833. The van der Waals surface area contributed by atoms with Crippen molar-refractivity contribution in [1.82, 2.24) is 0 Å². The van der Waals surface area contributed by atoms with Crippen LogP contribution >= 0.6 is 39.1 Å². The number of carbonyl (C=O) groups excluding carboxylic acids is 3. The molecule has 4 amide bonds. The monoisotopic (exact) mass is 714 g/mol. The summed E-state index contributed by atoms with van der Waals surface area (Å²) in [4.78, 5) is 44.2. The first-order valence-electron chi connectivity index (χ1n) is 14.1. The summed E-state index contributed by atoms with van der Waals surface area (Å²) in [7, 11) is 1.48. The van der Waals surface area contributed by atoms with Crippen LogP contribution in [-0.4, -0.2) is 25.0 Å². The molecule has 1 aliphatic rings. The number of aryl methyl sites for hydroxylation is 1. The molecule has 7 nitrogen and oxygen atoms in total. The van der Waals surface area contributed by atoms with Crippen molar-refractivity contribution < 1.29 is 23.9 Å². The van der Waals surface area contributed by atoms with Crippen molar-refractivity contribution in [3.05, 3.63) is 134 Å². The van der Waals surface area contributed by atoms with E-state index in [1.807, 2.05) is 37.3 Å². The summed E-state index contributed by atoms with van der Waals surface area (Å²) in [6.07, 6.45) is 1.45. The largest absolute Gasteiger partial charge is 0.493 e. The van der Waals surface area contributed by atoms with E-state index in [9.17, 15) is 14.4 Å². The highest BCUT2D eigenvalue weighted by Crippen LogP contribution is 2.39. The van der Waals surface area contributed by atoms with Crippen molar-refractivity contribution in [3.63, 3.8) is 0 Å². The molecule has 0 N–H and O–H groups in total. The van der Waals surface area contributed by atoms with E-state index in [0.717, 1.165) is 26.3 Å². The molecule has 10 heteroatoms. The Kier molecular flexibility index (Phi) is 8.86. The number of hydrogen-bond donors (Lipinski definition) is 0. The maximum Gasteiger partial charge on any atom is 0.343 e. The van der Waals surface area contributed by atoms with Crippen LogP contribution < -0.4 is 19.3 Å². The summed E-state index contributed by atoms with van der Waals surface area (Å²) < 4.78 is 12.2. The van der Waals surface area contributed by atoms with E-state index in [4.69, 9.17) is 32.7 Å². The van der Waals surface area contributed by atoms with Crippen molar-refractivity contribution in [3.8, 4) is 11.5 Å². The second kappa shape index (κ2) is 13.0. The second-order valence-electron chi connectivity index (χ2n) is 10.5. The zero-order valence-corrected chi connectivity index (χ0v) is 27.7. The van der Waals surface area contributed by atoms with Crippen LogP contribution in [0.25, 0.3) is 16.8 Å². The van der Waals surface area contributed by atoms with Crippen LogP contribution in [0.5, 0.6) is 11.5 Å². The minimum Gasteiger partial charge on any atom is -0.493 e. The van der Waals surface area contributed by atoms with Crippen molar-refractivity contribution in [2.75, 3.05) is 16.9 Å². The summed E-state index contributed by atoms with van der Waals surface area (Å²) in [5, 5.41) is 2.50. The number of urea groups is 1. The molecular formula is C36H25BrCl2N2O5. The second-order valence-corrected chi connectivity index (χ2v) is 12.2. The van der Waals surface area contributed by atoms with Gasteiger partial charge in [0.2, 0.25) is 0 Å². The predicted molar refractivity (Wildman–Crippen MR) is 185 cm³/mol. The van der Waals surface area contributed by atoms with Gasteiger partial charge in [-0.2, -0.15) is 0 Å². The van der Waals surface area contributed by atoms with Gasteiger partial charge in [-0.05, 0) is 82.3 Å². The van der Waals surface area contributed by atoms with Gasteiger partial charge >= 0.3 is 6.03 Å². The average molecular weight is 716 g/mol. The molecule has 0 aromatic heterocycles. The highest BCUT2D eigenvalue weighted by Gasteiger charge is 2.44. The van der Waals surface area contributed by atoms with Crippen molar-refractivity contribution in [1.29, 1.82) is 0 Å². The van der Waals surface area contributed by atoms with Gasteiger partial charge in [0.05, 0.1) is 23.0 Å². The number of carbonyl (C=O) groups is 3. The van der Waals surface area contributed by atoms with Crippen LogP contribution in [0.15, 0.2) is 107 Å². The summed E-state index contributed by atoms with van der Waals surface area (Å²) in [6.45, 7) is 2.04. The maximum absolute atomic E-state index is 14.1. The summed E-state index contributed by atoms with van der Waals surface area (Å²) >= 11 is 15.9. The van der Waals surface area contributed by atoms with Gasteiger partial charge in [0, 0.05) is 21.0 Å². The minimum absolute atomic E-state index is 0.135. The number of rotatable bonds is 7. The van der Waals surface area contributed by atoms with E-state index in [2.05, 4.69) is 15.9 Å². The molecule has 0 unspecified atom stereocenters. The zero-order valence-electron chi connectivity index (χ0n) is 24.6. The number of nitrogens with zero attached hydrogens (tertiary/aromatic N) is 2. The third-order valence-corrected chi connectivity index (χ3v) is 8.68. The van der Waals surface area contributed by atoms with Gasteiger partial charge < -0.3 is 9.47 Å². The highest BCUT2D eigenvalue weighted by molar-refractivity contribution is 9.10. The lowest BCUT2D eigenvalue weighted by atomic mass is 10.0. The molecule has 1 saturated heterocycles. The average Bonchev–Trinajstić information content (AvgIpc) is 3.04. The molecule has 5 aromatic rings. The molecule has 0 atom stereocenters. The van der Waals surface area contributed by atoms with E-state index in [1.165, 1.54) is 13.2 Å². The minimum atomic E-state index is -0.768. The standard InChI is InChI=1S/C36H25BrCl2N2O5/c1-21-10-14-26(15-11-21)40-34(42)28(35(43)41(36(40)44)31-9-5-7-23-6-3-4-8-27(23)31)16-22-17-29(37)33(32(18-22)45-2)46-20-24-12-13-25(38)19-30(24)39/h3-19H,20H2,1-2H3/b28-16+. The Hall–Kier alpha value is -4.63. The Bertz CT molecular complexity index is 2060. The topological polar surface area (TPSA) is 76.2 Å². The first kappa shape index (κ1) is 31.4. The number of benzene rings is 5. The SMILES string of the molecule is COc1cc(/C=C2\C(=O)N(c3ccc(C)cc3)C(=O)N(c3cccc4ccccc34)C2=O)cc(Br)c1OCc1ccc(Cl)cc1Cl. The number of methoxy groups -OCH3 is 1. The number of amides is 4. The first-order chi connectivity index (χ1) is 22.2. The van der Waals surface area contributed by atoms with Crippen LogP contribution in [-0.2, 0) is 16.2 Å². The quantitative estimate of drug-likeness (QED) is 0.124. The summed E-state index contributed by atoms with van der Waals surface area (Å²) in [5.41, 5.74) is 2.65. The normalized spacial score (nSPS) is 14.4. The van der Waals surface area contributed by atoms with Crippen molar-refractivity contribution in [2.24, 2.45) is 0 Å². The van der Waals surface area contributed by atoms with Gasteiger partial charge in [-0.15, -0.1) is 0 Å². The smallest absolute Gasteiger partial charge is 0.343 e. The van der Waals surface area contributed by atoms with Gasteiger partial charge in [-0.3, -0.25) is 9.59 Å². The molecule has 1 aliphatic heterocycles. The fourth-order valence-corrected chi connectivity index (χ4v) is 6.22. The summed E-state index contributed by atoms with van der Waals surface area (Å²) in [5.74, 6) is -0.754. The summed E-state index contributed by atoms with van der Waals surface area (Å²) in [6, 6.07) is 27.5. The lowest BCUT2D eigenvalue weighted by molar-refractivity contribution is -0.121. The van der Waals surface area contributed by atoms with Crippen molar-refractivity contribution >= 4 is 85.2 Å². The Morgan fingerprint density at radius 3 is 2.28 bits per heavy atom. The number of fused-ring (bicyclic) bond motifs is 1. The van der Waals surface area contributed by atoms with E-state index >= 15 is 0 Å². The van der Waals surface area contributed by atoms with Crippen molar-refractivity contribution in [2.45, 2.75) is 13.5 Å². The predicted octanol–water partition coefficient (Wildman–Crippen LogP) is 9.39. The molecule has 5 aromatic carbocycles. The maximum atomic E-state index is 14.1. The molecule has 1 heterocycles. The van der Waals surface area contributed by atoms with Crippen LogP contribution in [0, 0.1) is 6.92 Å². The number of anilines is 2. The Labute approximate surface area is 283 Å². The van der Waals surface area contributed by atoms with Crippen LogP contribution in [0.1, 0.15) is 16.7 Å². The first-order valence-corrected chi connectivity index (χ1v) is 15.6. The molecule has 230 valence electrons. The highest BCUT2D eigenvalue weighted by atomic mass is 79.9. The molecule has 0 radical (unpaired) electrons. The number of ether oxygens (including phenoxy) is 2. The van der Waals surface area contributed by atoms with Crippen LogP contribution in [0.2, 0.25) is 10.0 Å². The molecule has 0 saturated carbocycles. The van der Waals surface area contributed by atoms with Gasteiger partial charge in [0.1, 0.15) is 12.2 Å². The number of imide groups is 2. The Morgan fingerprint density at radius 1 is 0.826 bits per heavy atom. The fourth-order valence-electron chi connectivity index (χ4n) is 5.19. The molecule has 0 bridgehead atoms.